The zero-order valence-corrected chi connectivity index (χ0v) is 14.2. The van der Waals surface area contributed by atoms with Gasteiger partial charge in [-0.1, -0.05) is 29.3 Å². The van der Waals surface area contributed by atoms with Gasteiger partial charge in [0.05, 0.1) is 10.7 Å². The van der Waals surface area contributed by atoms with Crippen LogP contribution >= 0.6 is 23.2 Å². The van der Waals surface area contributed by atoms with E-state index in [9.17, 15) is 14.4 Å². The summed E-state index contributed by atoms with van der Waals surface area (Å²) in [5, 5.41) is 3.24. The van der Waals surface area contributed by atoms with Crippen molar-refractivity contribution in [1.29, 1.82) is 0 Å². The molecule has 1 heterocycles. The second-order valence-corrected chi connectivity index (χ2v) is 5.76. The van der Waals surface area contributed by atoms with Gasteiger partial charge in [0.2, 0.25) is 0 Å². The van der Waals surface area contributed by atoms with Crippen LogP contribution in [0.25, 0.3) is 0 Å². The molecule has 1 aromatic carbocycles. The molecular formula is C16H14Cl2N2O4. The average Bonchev–Trinajstić information content (AvgIpc) is 2.53. The molecule has 1 aromatic heterocycles. The first-order valence-corrected chi connectivity index (χ1v) is 7.73. The largest absolute Gasteiger partial charge is 0.451 e. The summed E-state index contributed by atoms with van der Waals surface area (Å²) in [6.45, 7) is 1.13. The summed E-state index contributed by atoms with van der Waals surface area (Å²) in [5.41, 5.74) is -0.0198. The summed E-state index contributed by atoms with van der Waals surface area (Å²) in [6.07, 6.45) is 0.395. The molecule has 0 spiro atoms. The van der Waals surface area contributed by atoms with Crippen LogP contribution in [0.15, 0.2) is 47.4 Å². The Bertz CT molecular complexity index is 820. The van der Waals surface area contributed by atoms with Crippen molar-refractivity contribution < 1.29 is 14.3 Å². The quantitative estimate of drug-likeness (QED) is 0.823. The van der Waals surface area contributed by atoms with Gasteiger partial charge in [-0.25, -0.2) is 0 Å². The predicted molar refractivity (Wildman–Crippen MR) is 91.3 cm³/mol. The molecule has 6 nitrogen and oxygen atoms in total. The number of hydrogen-bond acceptors (Lipinski definition) is 4. The predicted octanol–water partition coefficient (Wildman–Crippen LogP) is 2.73. The molecule has 0 bridgehead atoms. The Labute approximate surface area is 147 Å². The number of hydrogen-bond donors (Lipinski definition) is 1. The van der Waals surface area contributed by atoms with Gasteiger partial charge in [0, 0.05) is 17.3 Å². The number of rotatable bonds is 5. The maximum Gasteiger partial charge on any atom is 0.326 e. The molecule has 1 N–H and O–H groups in total. The fourth-order valence-corrected chi connectivity index (χ4v) is 2.18. The summed E-state index contributed by atoms with van der Waals surface area (Å²) in [5.74, 6) is -1.27. The molecule has 2 aromatic rings. The van der Waals surface area contributed by atoms with E-state index in [2.05, 4.69) is 5.32 Å². The van der Waals surface area contributed by atoms with E-state index >= 15 is 0 Å². The number of nitrogens with zero attached hydrogens (tertiary/aromatic N) is 1. The number of nitrogens with one attached hydrogen (secondary N) is 1. The van der Waals surface area contributed by atoms with Gasteiger partial charge in [-0.15, -0.1) is 0 Å². The second kappa shape index (κ2) is 7.99. The Morgan fingerprint density at radius 2 is 2.00 bits per heavy atom. The summed E-state index contributed by atoms with van der Waals surface area (Å²) < 4.78 is 6.21. The van der Waals surface area contributed by atoms with E-state index in [4.69, 9.17) is 27.9 Å². The van der Waals surface area contributed by atoms with E-state index in [1.807, 2.05) is 0 Å². The third-order valence-corrected chi connectivity index (χ3v) is 3.63. The number of carbonyl (C=O) groups is 2. The van der Waals surface area contributed by atoms with Crippen LogP contribution in [-0.2, 0) is 20.9 Å². The number of benzene rings is 1. The lowest BCUT2D eigenvalue weighted by Crippen LogP contribution is -2.32. The van der Waals surface area contributed by atoms with Crippen LogP contribution < -0.4 is 10.9 Å². The highest BCUT2D eigenvalue weighted by Crippen LogP contribution is 2.25. The lowest BCUT2D eigenvalue weighted by molar-refractivity contribution is -0.153. The minimum absolute atomic E-state index is 0.283. The molecule has 0 aliphatic carbocycles. The first-order chi connectivity index (χ1) is 11.4. The number of esters is 1. The molecule has 2 rings (SSSR count). The standard InChI is InChI=1S/C16H14Cl2N2O4/c1-10(16(23)19-13-8-11(17)5-6-12(13)18)24-15(22)9-20-7-3-2-4-14(20)21/h2-8,10H,9H2,1H3,(H,19,23)/t10-/m0/s1. The van der Waals surface area contributed by atoms with Crippen LogP contribution in [-0.4, -0.2) is 22.5 Å². The van der Waals surface area contributed by atoms with Crippen LogP contribution in [0.3, 0.4) is 0 Å². The lowest BCUT2D eigenvalue weighted by atomic mass is 10.3. The molecular weight excluding hydrogens is 355 g/mol. The summed E-state index contributed by atoms with van der Waals surface area (Å²) in [4.78, 5) is 35.4. The fourth-order valence-electron chi connectivity index (χ4n) is 1.85. The minimum atomic E-state index is -1.06. The van der Waals surface area contributed by atoms with Gasteiger partial charge < -0.3 is 14.6 Å². The summed E-state index contributed by atoms with van der Waals surface area (Å²) in [6, 6.07) is 9.12. The van der Waals surface area contributed by atoms with E-state index in [0.717, 1.165) is 0 Å². The van der Waals surface area contributed by atoms with Crippen molar-refractivity contribution in [2.45, 2.75) is 19.6 Å². The molecule has 0 aliphatic rings. The van der Waals surface area contributed by atoms with Gasteiger partial charge in [-0.2, -0.15) is 0 Å². The smallest absolute Gasteiger partial charge is 0.326 e. The number of amides is 1. The highest BCUT2D eigenvalue weighted by Gasteiger charge is 2.19. The Morgan fingerprint density at radius 1 is 1.25 bits per heavy atom. The van der Waals surface area contributed by atoms with Gasteiger partial charge in [-0.3, -0.25) is 14.4 Å². The Balaban J connectivity index is 1.96. The Kier molecular flexibility index (Phi) is 6.00. The minimum Gasteiger partial charge on any atom is -0.451 e. The molecule has 0 radical (unpaired) electrons. The molecule has 0 fully saturated rings. The van der Waals surface area contributed by atoms with Crippen molar-refractivity contribution in [3.63, 3.8) is 0 Å². The highest BCUT2D eigenvalue weighted by atomic mass is 35.5. The number of carbonyl (C=O) groups excluding carboxylic acids is 2. The van der Waals surface area contributed by atoms with Crippen LogP contribution in [0.2, 0.25) is 10.0 Å². The molecule has 8 heteroatoms. The van der Waals surface area contributed by atoms with E-state index in [1.54, 1.807) is 18.2 Å². The van der Waals surface area contributed by atoms with Crippen molar-refractivity contribution in [1.82, 2.24) is 4.57 Å². The Morgan fingerprint density at radius 3 is 2.71 bits per heavy atom. The van der Waals surface area contributed by atoms with Crippen LogP contribution in [0, 0.1) is 0 Å². The lowest BCUT2D eigenvalue weighted by Gasteiger charge is -2.14. The monoisotopic (exact) mass is 368 g/mol. The first-order valence-electron chi connectivity index (χ1n) is 6.97. The van der Waals surface area contributed by atoms with E-state index < -0.39 is 18.0 Å². The molecule has 1 amide bonds. The van der Waals surface area contributed by atoms with E-state index in [1.165, 1.54) is 35.9 Å². The Hall–Kier alpha value is -2.31. The second-order valence-electron chi connectivity index (χ2n) is 4.91. The molecule has 126 valence electrons. The van der Waals surface area contributed by atoms with E-state index in [0.29, 0.717) is 15.7 Å². The van der Waals surface area contributed by atoms with Crippen LogP contribution in [0.4, 0.5) is 5.69 Å². The van der Waals surface area contributed by atoms with Gasteiger partial charge in [0.25, 0.3) is 11.5 Å². The molecule has 0 saturated carbocycles. The number of aromatic nitrogens is 1. The third-order valence-electron chi connectivity index (χ3n) is 3.06. The van der Waals surface area contributed by atoms with Gasteiger partial charge in [-0.05, 0) is 31.2 Å². The zero-order valence-electron chi connectivity index (χ0n) is 12.7. The van der Waals surface area contributed by atoms with Crippen molar-refractivity contribution >= 4 is 40.8 Å². The molecule has 0 aliphatic heterocycles. The van der Waals surface area contributed by atoms with Gasteiger partial charge in [0.15, 0.2) is 6.10 Å². The number of anilines is 1. The van der Waals surface area contributed by atoms with Gasteiger partial charge in [0.1, 0.15) is 6.54 Å². The molecule has 0 unspecified atom stereocenters. The van der Waals surface area contributed by atoms with Crippen molar-refractivity contribution in [3.8, 4) is 0 Å². The SMILES string of the molecule is C[C@H](OC(=O)Cn1ccccc1=O)C(=O)Nc1cc(Cl)ccc1Cl. The number of halogens is 2. The number of ether oxygens (including phenoxy) is 1. The van der Waals surface area contributed by atoms with Crippen molar-refractivity contribution in [2.75, 3.05) is 5.32 Å². The van der Waals surface area contributed by atoms with Crippen molar-refractivity contribution in [3.05, 3.63) is 63.0 Å². The number of pyridine rings is 1. The van der Waals surface area contributed by atoms with Crippen LogP contribution in [0.5, 0.6) is 0 Å². The highest BCUT2D eigenvalue weighted by molar-refractivity contribution is 6.35. The van der Waals surface area contributed by atoms with E-state index in [-0.39, 0.29) is 12.1 Å². The maximum absolute atomic E-state index is 12.1. The molecule has 1 atom stereocenters. The van der Waals surface area contributed by atoms with Crippen LogP contribution in [0.1, 0.15) is 6.92 Å². The topological polar surface area (TPSA) is 77.4 Å². The van der Waals surface area contributed by atoms with Crippen molar-refractivity contribution in [2.24, 2.45) is 0 Å². The third kappa shape index (κ3) is 4.84. The first kappa shape index (κ1) is 18.0. The fraction of sp³-hybridized carbons (Fsp3) is 0.188. The normalized spacial score (nSPS) is 11.6. The maximum atomic E-state index is 12.1. The average molecular weight is 369 g/mol. The summed E-state index contributed by atoms with van der Waals surface area (Å²) >= 11 is 11.8. The molecule has 0 saturated heterocycles. The zero-order chi connectivity index (χ0) is 17.7. The summed E-state index contributed by atoms with van der Waals surface area (Å²) in [7, 11) is 0. The van der Waals surface area contributed by atoms with Gasteiger partial charge >= 0.3 is 5.97 Å². The molecule has 24 heavy (non-hydrogen) atoms.